The quantitative estimate of drug-likeness (QED) is 0.895. The maximum atomic E-state index is 9.33. The van der Waals surface area contributed by atoms with E-state index in [0.717, 1.165) is 41.0 Å². The van der Waals surface area contributed by atoms with Crippen LogP contribution in [0, 0.1) is 13.8 Å². The number of rotatable bonds is 5. The standard InChI is InChI=1S/C17H21NO2/c1-4-5-15-9-14(11-19)10-17(18-15)20-16-7-12(2)6-13(3)8-16/h6-10,19H,4-5,11H2,1-3H3. The molecule has 1 N–H and O–H groups in total. The van der Waals surface area contributed by atoms with Gasteiger partial charge >= 0.3 is 0 Å². The van der Waals surface area contributed by atoms with E-state index in [-0.39, 0.29) is 6.61 Å². The van der Waals surface area contributed by atoms with Crippen molar-refractivity contribution in [1.82, 2.24) is 4.98 Å². The second-order valence-corrected chi connectivity index (χ2v) is 5.14. The second kappa shape index (κ2) is 6.53. The third-order valence-corrected chi connectivity index (χ3v) is 3.02. The highest BCUT2D eigenvalue weighted by Gasteiger charge is 2.05. The number of hydrogen-bond donors (Lipinski definition) is 1. The van der Waals surface area contributed by atoms with Crippen LogP contribution < -0.4 is 4.74 Å². The molecule has 0 saturated heterocycles. The van der Waals surface area contributed by atoms with Crippen LogP contribution in [0.2, 0.25) is 0 Å². The minimum absolute atomic E-state index is 0.00242. The molecule has 20 heavy (non-hydrogen) atoms. The van der Waals surface area contributed by atoms with E-state index < -0.39 is 0 Å². The number of hydrogen-bond acceptors (Lipinski definition) is 3. The Hall–Kier alpha value is -1.87. The van der Waals surface area contributed by atoms with E-state index in [1.165, 1.54) is 0 Å². The van der Waals surface area contributed by atoms with E-state index in [0.29, 0.717) is 5.88 Å². The van der Waals surface area contributed by atoms with Gasteiger partial charge in [-0.3, -0.25) is 0 Å². The fourth-order valence-corrected chi connectivity index (χ4v) is 2.26. The van der Waals surface area contributed by atoms with Crippen molar-refractivity contribution in [3.05, 3.63) is 52.7 Å². The lowest BCUT2D eigenvalue weighted by molar-refractivity contribution is 0.280. The molecule has 0 aliphatic rings. The molecule has 1 heterocycles. The predicted molar refractivity (Wildman–Crippen MR) is 80.1 cm³/mol. The van der Waals surface area contributed by atoms with Crippen molar-refractivity contribution in [3.8, 4) is 11.6 Å². The van der Waals surface area contributed by atoms with Crippen molar-refractivity contribution in [2.45, 2.75) is 40.2 Å². The predicted octanol–water partition coefficient (Wildman–Crippen LogP) is 3.94. The summed E-state index contributed by atoms with van der Waals surface area (Å²) in [7, 11) is 0. The summed E-state index contributed by atoms with van der Waals surface area (Å²) in [5.41, 5.74) is 4.11. The molecular weight excluding hydrogens is 250 g/mol. The van der Waals surface area contributed by atoms with Crippen molar-refractivity contribution in [1.29, 1.82) is 0 Å². The molecule has 0 aliphatic carbocycles. The Balaban J connectivity index is 2.29. The number of benzene rings is 1. The molecule has 3 nitrogen and oxygen atoms in total. The maximum absolute atomic E-state index is 9.33. The molecule has 0 amide bonds. The smallest absolute Gasteiger partial charge is 0.219 e. The zero-order chi connectivity index (χ0) is 14.5. The van der Waals surface area contributed by atoms with Gasteiger partial charge in [-0.25, -0.2) is 4.98 Å². The van der Waals surface area contributed by atoms with Gasteiger partial charge in [0.05, 0.1) is 6.61 Å². The average molecular weight is 271 g/mol. The molecule has 0 bridgehead atoms. The minimum atomic E-state index is 0.00242. The first-order valence-corrected chi connectivity index (χ1v) is 6.97. The van der Waals surface area contributed by atoms with Crippen molar-refractivity contribution in [2.75, 3.05) is 0 Å². The summed E-state index contributed by atoms with van der Waals surface area (Å²) >= 11 is 0. The van der Waals surface area contributed by atoms with Crippen LogP contribution in [0.4, 0.5) is 0 Å². The number of aryl methyl sites for hydroxylation is 3. The molecular formula is C17H21NO2. The number of nitrogens with zero attached hydrogens (tertiary/aromatic N) is 1. The van der Waals surface area contributed by atoms with Crippen LogP contribution >= 0.6 is 0 Å². The lowest BCUT2D eigenvalue weighted by atomic mass is 10.1. The normalized spacial score (nSPS) is 10.6. The Bertz CT molecular complexity index is 573. The fourth-order valence-electron chi connectivity index (χ4n) is 2.26. The van der Waals surface area contributed by atoms with Crippen molar-refractivity contribution < 1.29 is 9.84 Å². The van der Waals surface area contributed by atoms with E-state index in [2.05, 4.69) is 18.0 Å². The van der Waals surface area contributed by atoms with E-state index in [4.69, 9.17) is 4.74 Å². The fraction of sp³-hybridized carbons (Fsp3) is 0.353. The van der Waals surface area contributed by atoms with Crippen molar-refractivity contribution in [3.63, 3.8) is 0 Å². The summed E-state index contributed by atoms with van der Waals surface area (Å²) in [6, 6.07) is 9.79. The SMILES string of the molecule is CCCc1cc(CO)cc(Oc2cc(C)cc(C)c2)n1. The molecule has 106 valence electrons. The largest absolute Gasteiger partial charge is 0.439 e. The van der Waals surface area contributed by atoms with Gasteiger partial charge in [0, 0.05) is 11.8 Å². The van der Waals surface area contributed by atoms with Gasteiger partial charge in [-0.1, -0.05) is 19.4 Å². The Morgan fingerprint density at radius 1 is 1.05 bits per heavy atom. The number of ether oxygens (including phenoxy) is 1. The maximum Gasteiger partial charge on any atom is 0.219 e. The Morgan fingerprint density at radius 3 is 2.35 bits per heavy atom. The van der Waals surface area contributed by atoms with Gasteiger partial charge < -0.3 is 9.84 Å². The molecule has 3 heteroatoms. The molecule has 0 spiro atoms. The minimum Gasteiger partial charge on any atom is -0.439 e. The summed E-state index contributed by atoms with van der Waals surface area (Å²) in [6.45, 7) is 6.19. The lowest BCUT2D eigenvalue weighted by Crippen LogP contribution is -1.97. The van der Waals surface area contributed by atoms with Gasteiger partial charge in [0.1, 0.15) is 5.75 Å². The number of aromatic nitrogens is 1. The molecule has 0 atom stereocenters. The van der Waals surface area contributed by atoms with Crippen LogP contribution in [0.1, 0.15) is 35.7 Å². The number of pyridine rings is 1. The van der Waals surface area contributed by atoms with Gasteiger partial charge in [-0.2, -0.15) is 0 Å². The molecule has 2 aromatic rings. The Labute approximate surface area is 120 Å². The summed E-state index contributed by atoms with van der Waals surface area (Å²) in [5, 5.41) is 9.33. The summed E-state index contributed by atoms with van der Waals surface area (Å²) in [4.78, 5) is 4.49. The van der Waals surface area contributed by atoms with Crippen LogP contribution in [-0.4, -0.2) is 10.1 Å². The first-order chi connectivity index (χ1) is 9.60. The van der Waals surface area contributed by atoms with Crippen LogP contribution in [0.5, 0.6) is 11.6 Å². The molecule has 1 aromatic carbocycles. The third kappa shape index (κ3) is 3.81. The van der Waals surface area contributed by atoms with Gasteiger partial charge in [-0.05, 0) is 55.2 Å². The average Bonchev–Trinajstić information content (AvgIpc) is 2.37. The Morgan fingerprint density at radius 2 is 1.75 bits per heavy atom. The molecule has 0 radical (unpaired) electrons. The van der Waals surface area contributed by atoms with Crippen molar-refractivity contribution in [2.24, 2.45) is 0 Å². The van der Waals surface area contributed by atoms with E-state index in [1.54, 1.807) is 6.07 Å². The van der Waals surface area contributed by atoms with Crippen molar-refractivity contribution >= 4 is 0 Å². The topological polar surface area (TPSA) is 42.4 Å². The van der Waals surface area contributed by atoms with Gasteiger partial charge in [-0.15, -0.1) is 0 Å². The Kier molecular flexibility index (Phi) is 4.74. The van der Waals surface area contributed by atoms with Gasteiger partial charge in [0.25, 0.3) is 0 Å². The third-order valence-electron chi connectivity index (χ3n) is 3.02. The molecule has 0 fully saturated rings. The molecule has 0 aliphatic heterocycles. The number of aliphatic hydroxyl groups is 1. The molecule has 2 rings (SSSR count). The van der Waals surface area contributed by atoms with Gasteiger partial charge in [0.15, 0.2) is 0 Å². The van der Waals surface area contributed by atoms with Crippen LogP contribution in [0.25, 0.3) is 0 Å². The monoisotopic (exact) mass is 271 g/mol. The van der Waals surface area contributed by atoms with Crippen LogP contribution in [0.15, 0.2) is 30.3 Å². The highest BCUT2D eigenvalue weighted by Crippen LogP contribution is 2.24. The zero-order valence-electron chi connectivity index (χ0n) is 12.3. The first-order valence-electron chi connectivity index (χ1n) is 6.97. The molecule has 0 unspecified atom stereocenters. The summed E-state index contributed by atoms with van der Waals surface area (Å²) in [5.74, 6) is 1.33. The first kappa shape index (κ1) is 14.5. The molecule has 0 saturated carbocycles. The van der Waals surface area contributed by atoms with Gasteiger partial charge in [0.2, 0.25) is 5.88 Å². The number of aliphatic hydroxyl groups excluding tert-OH is 1. The highest BCUT2D eigenvalue weighted by molar-refractivity contribution is 5.36. The van der Waals surface area contributed by atoms with E-state index >= 15 is 0 Å². The lowest BCUT2D eigenvalue weighted by Gasteiger charge is -2.10. The van der Waals surface area contributed by atoms with Crippen LogP contribution in [-0.2, 0) is 13.0 Å². The summed E-state index contributed by atoms with van der Waals surface area (Å²) < 4.78 is 5.85. The zero-order valence-corrected chi connectivity index (χ0v) is 12.3. The summed E-state index contributed by atoms with van der Waals surface area (Å²) in [6.07, 6.45) is 1.90. The van der Waals surface area contributed by atoms with E-state index in [1.807, 2.05) is 32.0 Å². The highest BCUT2D eigenvalue weighted by atomic mass is 16.5. The van der Waals surface area contributed by atoms with Crippen LogP contribution in [0.3, 0.4) is 0 Å². The molecule has 1 aromatic heterocycles. The van der Waals surface area contributed by atoms with E-state index in [9.17, 15) is 5.11 Å². The second-order valence-electron chi connectivity index (χ2n) is 5.14.